The molecule has 0 atom stereocenters. The van der Waals surface area contributed by atoms with Crippen LogP contribution in [0.1, 0.15) is 11.1 Å². The molecule has 0 aliphatic carbocycles. The maximum atomic E-state index is 13.3. The fraction of sp³-hybridized carbons (Fsp3) is 0.0952. The lowest BCUT2D eigenvalue weighted by atomic mass is 10.1. The third-order valence-corrected chi connectivity index (χ3v) is 4.99. The molecule has 0 aromatic heterocycles. The van der Waals surface area contributed by atoms with E-state index in [1.165, 1.54) is 41.3 Å². The molecule has 0 spiro atoms. The minimum absolute atomic E-state index is 0.0132. The average molecular weight is 465 g/mol. The summed E-state index contributed by atoms with van der Waals surface area (Å²) in [6, 6.07) is 8.96. The van der Waals surface area contributed by atoms with Crippen LogP contribution < -0.4 is 10.1 Å². The summed E-state index contributed by atoms with van der Waals surface area (Å²) < 4.78 is 18.9. The van der Waals surface area contributed by atoms with E-state index in [9.17, 15) is 14.0 Å². The van der Waals surface area contributed by atoms with Crippen LogP contribution in [0.2, 0.25) is 10.0 Å². The number of carbonyl (C=O) groups is 2. The Morgan fingerprint density at radius 3 is 2.53 bits per heavy atom. The van der Waals surface area contributed by atoms with Gasteiger partial charge in [-0.3, -0.25) is 19.8 Å². The predicted molar refractivity (Wildman–Crippen MR) is 118 cm³/mol. The fourth-order valence-electron chi connectivity index (χ4n) is 2.74. The van der Waals surface area contributed by atoms with E-state index in [-0.39, 0.29) is 45.4 Å². The zero-order chi connectivity index (χ0) is 21.8. The fourth-order valence-corrected chi connectivity index (χ4v) is 3.60. The summed E-state index contributed by atoms with van der Waals surface area (Å²) >= 11 is 17.6. The minimum atomic E-state index is -0.621. The highest BCUT2D eigenvalue weighted by Gasteiger charge is 2.32. The first-order chi connectivity index (χ1) is 14.3. The molecule has 0 saturated carbocycles. The topological polar surface area (TPSA) is 58.6 Å². The lowest BCUT2D eigenvalue weighted by molar-refractivity contribution is -0.128. The first-order valence-electron chi connectivity index (χ1n) is 8.66. The summed E-state index contributed by atoms with van der Waals surface area (Å²) in [5, 5.41) is 2.82. The highest BCUT2D eigenvalue weighted by Crippen LogP contribution is 2.35. The van der Waals surface area contributed by atoms with Gasteiger partial charge in [0.05, 0.1) is 10.0 Å². The van der Waals surface area contributed by atoms with Gasteiger partial charge in [0.15, 0.2) is 10.9 Å². The van der Waals surface area contributed by atoms with Crippen LogP contribution in [0.4, 0.5) is 4.39 Å². The zero-order valence-electron chi connectivity index (χ0n) is 15.5. The highest BCUT2D eigenvalue weighted by atomic mass is 35.5. The normalized spacial score (nSPS) is 15.4. The number of thiocarbonyl (C=S) groups is 1. The molecule has 0 bridgehead atoms. The van der Waals surface area contributed by atoms with Crippen molar-refractivity contribution in [1.82, 2.24) is 10.2 Å². The van der Waals surface area contributed by atoms with Gasteiger partial charge in [-0.2, -0.15) is 0 Å². The molecule has 0 unspecified atom stereocenters. The van der Waals surface area contributed by atoms with E-state index >= 15 is 0 Å². The molecule has 0 radical (unpaired) electrons. The van der Waals surface area contributed by atoms with Gasteiger partial charge >= 0.3 is 0 Å². The zero-order valence-corrected chi connectivity index (χ0v) is 17.8. The summed E-state index contributed by atoms with van der Waals surface area (Å²) in [4.78, 5) is 26.1. The molecule has 154 valence electrons. The number of halogens is 3. The first-order valence-corrected chi connectivity index (χ1v) is 9.82. The number of hydrogen-bond acceptors (Lipinski definition) is 4. The number of rotatable bonds is 6. The third-order valence-electron chi connectivity index (χ3n) is 4.10. The van der Waals surface area contributed by atoms with Crippen molar-refractivity contribution >= 4 is 58.4 Å². The smallest absolute Gasteiger partial charge is 0.265 e. The Morgan fingerprint density at radius 2 is 1.90 bits per heavy atom. The van der Waals surface area contributed by atoms with Crippen molar-refractivity contribution in [3.63, 3.8) is 0 Å². The van der Waals surface area contributed by atoms with E-state index in [4.69, 9.17) is 40.2 Å². The maximum absolute atomic E-state index is 13.3. The predicted octanol–water partition coefficient (Wildman–Crippen LogP) is 4.52. The van der Waals surface area contributed by atoms with Gasteiger partial charge in [0.2, 0.25) is 0 Å². The van der Waals surface area contributed by atoms with Gasteiger partial charge in [-0.25, -0.2) is 4.39 Å². The van der Waals surface area contributed by atoms with Crippen LogP contribution in [0.3, 0.4) is 0 Å². The molecule has 3 rings (SSSR count). The molecule has 1 heterocycles. The molecule has 1 N–H and O–H groups in total. The van der Waals surface area contributed by atoms with Crippen molar-refractivity contribution in [2.24, 2.45) is 0 Å². The Hall–Kier alpha value is -2.74. The number of hydrogen-bond donors (Lipinski definition) is 1. The van der Waals surface area contributed by atoms with Crippen LogP contribution in [0.15, 0.2) is 54.6 Å². The van der Waals surface area contributed by atoms with Crippen molar-refractivity contribution in [1.29, 1.82) is 0 Å². The van der Waals surface area contributed by atoms with Gasteiger partial charge in [-0.15, -0.1) is 6.58 Å². The second-order valence-electron chi connectivity index (χ2n) is 6.25. The summed E-state index contributed by atoms with van der Waals surface area (Å²) in [5.74, 6) is -1.35. The van der Waals surface area contributed by atoms with Crippen LogP contribution >= 0.6 is 35.4 Å². The van der Waals surface area contributed by atoms with Gasteiger partial charge in [0.1, 0.15) is 18.0 Å². The number of nitrogens with zero attached hydrogens (tertiary/aromatic N) is 1. The number of benzene rings is 2. The molecule has 2 amide bonds. The van der Waals surface area contributed by atoms with Gasteiger partial charge in [-0.05, 0) is 53.7 Å². The van der Waals surface area contributed by atoms with Gasteiger partial charge < -0.3 is 4.74 Å². The highest BCUT2D eigenvalue weighted by molar-refractivity contribution is 7.80. The van der Waals surface area contributed by atoms with E-state index in [1.807, 2.05) is 0 Å². The third kappa shape index (κ3) is 4.87. The van der Waals surface area contributed by atoms with Crippen LogP contribution in [-0.2, 0) is 16.2 Å². The maximum Gasteiger partial charge on any atom is 0.265 e. The number of nitrogens with one attached hydrogen (secondary N) is 1. The molecule has 1 aliphatic rings. The average Bonchev–Trinajstić information content (AvgIpc) is 2.68. The van der Waals surface area contributed by atoms with E-state index in [1.54, 1.807) is 12.1 Å². The minimum Gasteiger partial charge on any atom is -0.486 e. The van der Waals surface area contributed by atoms with Gasteiger partial charge in [0.25, 0.3) is 11.8 Å². The molecule has 1 aliphatic heterocycles. The Bertz CT molecular complexity index is 1060. The first kappa shape index (κ1) is 22.0. The molecule has 1 fully saturated rings. The lowest BCUT2D eigenvalue weighted by Gasteiger charge is -2.27. The molecule has 2 aromatic carbocycles. The SMILES string of the molecule is C=CCN1C(=O)/C(=C/c2cc(Cl)c(OCc3cccc(F)c3)c(Cl)c2)C(=O)NC1=S. The lowest BCUT2D eigenvalue weighted by Crippen LogP contribution is -2.53. The van der Waals surface area contributed by atoms with Gasteiger partial charge in [0, 0.05) is 6.54 Å². The molecule has 9 heteroatoms. The monoisotopic (exact) mass is 464 g/mol. The van der Waals surface area contributed by atoms with E-state index < -0.39 is 11.8 Å². The van der Waals surface area contributed by atoms with E-state index in [0.717, 1.165) is 0 Å². The molecular formula is C21H15Cl2FN2O3S. The second kappa shape index (κ2) is 9.38. The van der Waals surface area contributed by atoms with Crippen LogP contribution in [0.5, 0.6) is 5.75 Å². The summed E-state index contributed by atoms with van der Waals surface area (Å²) in [7, 11) is 0. The molecule has 30 heavy (non-hydrogen) atoms. The van der Waals surface area contributed by atoms with Crippen molar-refractivity contribution in [3.05, 3.63) is 81.6 Å². The van der Waals surface area contributed by atoms with Crippen LogP contribution in [0.25, 0.3) is 6.08 Å². The van der Waals surface area contributed by atoms with E-state index in [0.29, 0.717) is 11.1 Å². The second-order valence-corrected chi connectivity index (χ2v) is 7.46. The van der Waals surface area contributed by atoms with E-state index in [2.05, 4.69) is 11.9 Å². The number of carbonyl (C=O) groups excluding carboxylic acids is 2. The number of ether oxygens (including phenoxy) is 1. The molecular weight excluding hydrogens is 450 g/mol. The summed E-state index contributed by atoms with van der Waals surface area (Å²) in [6.07, 6.45) is 2.86. The largest absolute Gasteiger partial charge is 0.486 e. The summed E-state index contributed by atoms with van der Waals surface area (Å²) in [6.45, 7) is 3.79. The summed E-state index contributed by atoms with van der Waals surface area (Å²) in [5.41, 5.74) is 0.912. The van der Waals surface area contributed by atoms with Crippen molar-refractivity contribution in [3.8, 4) is 5.75 Å². The quantitative estimate of drug-likeness (QED) is 0.295. The standard InChI is InChI=1S/C21H15Cl2FN2O3S/c1-2-6-26-20(28)15(19(27)25-21(26)30)8-13-9-16(22)18(17(23)10-13)29-11-12-4-3-5-14(24)7-12/h2-5,7-10H,1,6,11H2,(H,25,27,30)/b15-8+. The molecule has 5 nitrogen and oxygen atoms in total. The Labute approximate surface area is 187 Å². The number of amides is 2. The van der Waals surface area contributed by atoms with Crippen molar-refractivity contribution < 1.29 is 18.7 Å². The molecule has 1 saturated heterocycles. The Kier molecular flexibility index (Phi) is 6.87. The van der Waals surface area contributed by atoms with Crippen molar-refractivity contribution in [2.75, 3.05) is 6.54 Å². The van der Waals surface area contributed by atoms with Crippen LogP contribution in [0, 0.1) is 5.82 Å². The van der Waals surface area contributed by atoms with Gasteiger partial charge in [-0.1, -0.05) is 41.4 Å². The van der Waals surface area contributed by atoms with Crippen LogP contribution in [-0.4, -0.2) is 28.4 Å². The molecule has 2 aromatic rings. The van der Waals surface area contributed by atoms with Crippen molar-refractivity contribution in [2.45, 2.75) is 6.61 Å². The Balaban J connectivity index is 1.85. The Morgan fingerprint density at radius 1 is 1.20 bits per heavy atom.